The van der Waals surface area contributed by atoms with Crippen LogP contribution in [0.25, 0.3) is 10.2 Å². The molecule has 1 aliphatic carbocycles. The third kappa shape index (κ3) is 5.51. The van der Waals surface area contributed by atoms with Crippen molar-refractivity contribution in [2.75, 3.05) is 7.11 Å². The lowest BCUT2D eigenvalue weighted by molar-refractivity contribution is 0.0383. The molecule has 0 spiro atoms. The zero-order valence-corrected chi connectivity index (χ0v) is 18.7. The molecule has 1 N–H and O–H groups in total. The molecule has 0 saturated heterocycles. The Kier molecular flexibility index (Phi) is 6.18. The van der Waals surface area contributed by atoms with E-state index in [-0.39, 0.29) is 11.6 Å². The summed E-state index contributed by atoms with van der Waals surface area (Å²) in [6.07, 6.45) is 7.31. The Hall–Kier alpha value is -2.53. The molecule has 2 atom stereocenters. The number of nitrogens with zero attached hydrogens (tertiary/aromatic N) is 1. The third-order valence-electron chi connectivity index (χ3n) is 4.67. The van der Waals surface area contributed by atoms with Crippen LogP contribution in [0.15, 0.2) is 66.6 Å². The van der Waals surface area contributed by atoms with Gasteiger partial charge in [0, 0.05) is 0 Å². The van der Waals surface area contributed by atoms with Crippen LogP contribution >= 0.6 is 11.3 Å². The molecule has 0 aliphatic heterocycles. The van der Waals surface area contributed by atoms with Crippen LogP contribution in [0.3, 0.4) is 0 Å². The number of nitrogens with one attached hydrogen (secondary N) is 1. The van der Waals surface area contributed by atoms with Gasteiger partial charge in [0.05, 0.1) is 23.4 Å². The van der Waals surface area contributed by atoms with Gasteiger partial charge in [-0.05, 0) is 69.0 Å². The predicted molar refractivity (Wildman–Crippen MR) is 122 cm³/mol. The minimum absolute atomic E-state index is 0.0506. The summed E-state index contributed by atoms with van der Waals surface area (Å²) in [5.41, 5.74) is 2.99. The van der Waals surface area contributed by atoms with Crippen LogP contribution < -0.4 is 10.1 Å². The van der Waals surface area contributed by atoms with Crippen LogP contribution in [0.2, 0.25) is 0 Å². The summed E-state index contributed by atoms with van der Waals surface area (Å²) in [4.78, 5) is 4.87. The molecule has 154 valence electrons. The SMILES string of the molecule is C=C(NC(CC1=CC(=C)C(C)C=C1)c1nc2ccc(OC)cc2s1)OC(C)(C)C. The minimum Gasteiger partial charge on any atom is -0.497 e. The van der Waals surface area contributed by atoms with E-state index in [0.29, 0.717) is 11.8 Å². The monoisotopic (exact) mass is 410 g/mol. The summed E-state index contributed by atoms with van der Waals surface area (Å²) >= 11 is 1.66. The maximum atomic E-state index is 5.92. The van der Waals surface area contributed by atoms with Crippen molar-refractivity contribution in [2.45, 2.75) is 45.8 Å². The Morgan fingerprint density at radius 3 is 2.76 bits per heavy atom. The van der Waals surface area contributed by atoms with Crippen molar-refractivity contribution in [1.82, 2.24) is 10.3 Å². The number of hydrogen-bond donors (Lipinski definition) is 1. The highest BCUT2D eigenvalue weighted by Gasteiger charge is 2.22. The van der Waals surface area contributed by atoms with E-state index in [4.69, 9.17) is 14.5 Å². The summed E-state index contributed by atoms with van der Waals surface area (Å²) < 4.78 is 12.4. The predicted octanol–water partition coefficient (Wildman–Crippen LogP) is 6.30. The Morgan fingerprint density at radius 2 is 2.10 bits per heavy atom. The first kappa shape index (κ1) is 21.2. The maximum absolute atomic E-state index is 5.92. The number of allylic oxidation sites excluding steroid dienone is 4. The normalized spacial score (nSPS) is 17.8. The van der Waals surface area contributed by atoms with Crippen molar-refractivity contribution in [3.8, 4) is 5.75 Å². The van der Waals surface area contributed by atoms with Crippen molar-refractivity contribution in [1.29, 1.82) is 0 Å². The first-order valence-corrected chi connectivity index (χ1v) is 10.6. The molecule has 2 aromatic rings. The molecule has 0 bridgehead atoms. The Bertz CT molecular complexity index is 978. The summed E-state index contributed by atoms with van der Waals surface area (Å²) in [6.45, 7) is 16.4. The molecular weight excluding hydrogens is 380 g/mol. The second-order valence-electron chi connectivity index (χ2n) is 8.37. The highest BCUT2D eigenvalue weighted by Crippen LogP contribution is 2.34. The number of fused-ring (bicyclic) bond motifs is 1. The van der Waals surface area contributed by atoms with Crippen molar-refractivity contribution in [3.05, 3.63) is 71.6 Å². The fraction of sp³-hybridized carbons (Fsp3) is 0.375. The van der Waals surface area contributed by atoms with E-state index in [1.54, 1.807) is 18.4 Å². The molecule has 0 radical (unpaired) electrons. The van der Waals surface area contributed by atoms with Gasteiger partial charge >= 0.3 is 0 Å². The third-order valence-corrected chi connectivity index (χ3v) is 5.80. The van der Waals surface area contributed by atoms with Gasteiger partial charge in [-0.1, -0.05) is 31.7 Å². The van der Waals surface area contributed by atoms with E-state index in [1.807, 2.05) is 39.0 Å². The van der Waals surface area contributed by atoms with Gasteiger partial charge < -0.3 is 14.8 Å². The molecule has 1 aromatic heterocycles. The summed E-state index contributed by atoms with van der Waals surface area (Å²) in [7, 11) is 1.68. The fourth-order valence-corrected chi connectivity index (χ4v) is 4.21. The van der Waals surface area contributed by atoms with Crippen LogP contribution in [0, 0.1) is 5.92 Å². The number of ether oxygens (including phenoxy) is 2. The molecule has 0 saturated carbocycles. The van der Waals surface area contributed by atoms with Gasteiger partial charge in [-0.15, -0.1) is 11.3 Å². The number of rotatable bonds is 7. The Labute approximate surface area is 177 Å². The van der Waals surface area contributed by atoms with Crippen LogP contribution in [0.1, 0.15) is 45.2 Å². The molecule has 0 amide bonds. The molecule has 4 nitrogen and oxygen atoms in total. The average molecular weight is 411 g/mol. The number of methoxy groups -OCH3 is 1. The molecule has 1 heterocycles. The van der Waals surface area contributed by atoms with Crippen molar-refractivity contribution in [3.63, 3.8) is 0 Å². The molecule has 5 heteroatoms. The number of hydrogen-bond acceptors (Lipinski definition) is 5. The first-order chi connectivity index (χ1) is 13.6. The lowest BCUT2D eigenvalue weighted by Gasteiger charge is -2.27. The van der Waals surface area contributed by atoms with Gasteiger partial charge in [0.1, 0.15) is 16.4 Å². The Balaban J connectivity index is 1.89. The second-order valence-corrected chi connectivity index (χ2v) is 9.43. The first-order valence-electron chi connectivity index (χ1n) is 9.81. The number of thiazole rings is 1. The number of aromatic nitrogens is 1. The minimum atomic E-state index is -0.316. The summed E-state index contributed by atoms with van der Waals surface area (Å²) in [6, 6.07) is 5.91. The van der Waals surface area contributed by atoms with Crippen LogP contribution in [0.5, 0.6) is 5.75 Å². The lowest BCUT2D eigenvalue weighted by Crippen LogP contribution is -2.28. The topological polar surface area (TPSA) is 43.4 Å². The van der Waals surface area contributed by atoms with E-state index < -0.39 is 0 Å². The smallest absolute Gasteiger partial charge is 0.180 e. The standard InChI is InChI=1S/C24H30N2O2S/c1-15-8-9-18(12-16(15)2)13-21(25-17(3)28-24(4,5)6)23-26-20-11-10-19(27-7)14-22(20)29-23/h8-12,14-15,21,25H,2-3,13H2,1,4-7H3. The lowest BCUT2D eigenvalue weighted by atomic mass is 9.91. The molecule has 1 aromatic carbocycles. The van der Waals surface area contributed by atoms with E-state index in [1.165, 1.54) is 5.57 Å². The van der Waals surface area contributed by atoms with Gasteiger partial charge in [-0.3, -0.25) is 0 Å². The van der Waals surface area contributed by atoms with Crippen LogP contribution in [0.4, 0.5) is 0 Å². The maximum Gasteiger partial charge on any atom is 0.180 e. The fourth-order valence-electron chi connectivity index (χ4n) is 3.16. The van der Waals surface area contributed by atoms with E-state index in [9.17, 15) is 0 Å². The van der Waals surface area contributed by atoms with Gasteiger partial charge in [0.25, 0.3) is 0 Å². The second kappa shape index (κ2) is 8.46. The summed E-state index contributed by atoms with van der Waals surface area (Å²) in [5, 5.41) is 4.44. The number of benzene rings is 1. The zero-order valence-electron chi connectivity index (χ0n) is 17.9. The molecule has 1 aliphatic rings. The molecule has 2 unspecified atom stereocenters. The Morgan fingerprint density at radius 1 is 1.34 bits per heavy atom. The molecule has 3 rings (SSSR count). The quantitative estimate of drug-likeness (QED) is 0.544. The zero-order chi connectivity index (χ0) is 21.2. The van der Waals surface area contributed by atoms with E-state index in [2.05, 4.69) is 43.6 Å². The summed E-state index contributed by atoms with van der Waals surface area (Å²) in [5.74, 6) is 1.76. The van der Waals surface area contributed by atoms with Crippen molar-refractivity contribution >= 4 is 21.6 Å². The van der Waals surface area contributed by atoms with Gasteiger partial charge in [-0.25, -0.2) is 4.98 Å². The molecule has 29 heavy (non-hydrogen) atoms. The molecular formula is C24H30N2O2S. The highest BCUT2D eigenvalue weighted by atomic mass is 32.1. The van der Waals surface area contributed by atoms with Crippen LogP contribution in [-0.2, 0) is 4.74 Å². The highest BCUT2D eigenvalue weighted by molar-refractivity contribution is 7.18. The largest absolute Gasteiger partial charge is 0.497 e. The van der Waals surface area contributed by atoms with Crippen molar-refractivity contribution in [2.24, 2.45) is 5.92 Å². The van der Waals surface area contributed by atoms with Gasteiger partial charge in [-0.2, -0.15) is 0 Å². The van der Waals surface area contributed by atoms with E-state index >= 15 is 0 Å². The molecule has 0 fully saturated rings. The average Bonchev–Trinajstić information content (AvgIpc) is 3.05. The van der Waals surface area contributed by atoms with E-state index in [0.717, 1.165) is 33.0 Å². The van der Waals surface area contributed by atoms with Crippen molar-refractivity contribution < 1.29 is 9.47 Å². The van der Waals surface area contributed by atoms with Gasteiger partial charge in [0.15, 0.2) is 5.88 Å². The van der Waals surface area contributed by atoms with Gasteiger partial charge in [0.2, 0.25) is 0 Å². The van der Waals surface area contributed by atoms with Crippen LogP contribution in [-0.4, -0.2) is 17.7 Å².